The van der Waals surface area contributed by atoms with Crippen LogP contribution in [0.4, 0.5) is 0 Å². The van der Waals surface area contributed by atoms with Crippen molar-refractivity contribution in [3.63, 3.8) is 0 Å². The molecule has 8 heteroatoms. The second kappa shape index (κ2) is 7.18. The summed E-state index contributed by atoms with van der Waals surface area (Å²) in [6.07, 6.45) is 0. The van der Waals surface area contributed by atoms with Gasteiger partial charge in [0.1, 0.15) is 5.75 Å². The average Bonchev–Trinajstić information content (AvgIpc) is 1.86. The van der Waals surface area contributed by atoms with Crippen LogP contribution in [-0.4, -0.2) is 29.0 Å². The van der Waals surface area contributed by atoms with Gasteiger partial charge in [-0.2, -0.15) is 8.42 Å². The summed E-state index contributed by atoms with van der Waals surface area (Å²) in [6, 6.07) is 4.60. The Bertz CT molecular complexity index is 350. The maximum Gasteiger partial charge on any atom is 1.00 e. The summed E-state index contributed by atoms with van der Waals surface area (Å²) < 4.78 is 29.3. The molecule has 0 unspecified atom stereocenters. The SMILES string of the molecule is O.O.O=S(=O)(O)c1ccc(O)cc1.[H-].[Na+]. The molecule has 1 aromatic carbocycles. The van der Waals surface area contributed by atoms with Crippen molar-refractivity contribution < 1.29 is 60.0 Å². The maximum atomic E-state index is 10.4. The Kier molecular flexibility index (Phi) is 9.97. The van der Waals surface area contributed by atoms with Crippen molar-refractivity contribution in [2.24, 2.45) is 0 Å². The molecule has 0 fully saturated rings. The van der Waals surface area contributed by atoms with E-state index in [2.05, 4.69) is 0 Å². The van der Waals surface area contributed by atoms with Crippen molar-refractivity contribution in [2.75, 3.05) is 0 Å². The van der Waals surface area contributed by atoms with Crippen molar-refractivity contribution in [1.82, 2.24) is 0 Å². The minimum absolute atomic E-state index is 0. The number of aromatic hydroxyl groups is 1. The number of hydrogen-bond donors (Lipinski definition) is 2. The summed E-state index contributed by atoms with van der Waals surface area (Å²) in [6.45, 7) is 0. The molecule has 0 spiro atoms. The summed E-state index contributed by atoms with van der Waals surface area (Å²) in [4.78, 5) is -0.227. The quantitative estimate of drug-likeness (QED) is 0.379. The molecule has 0 heterocycles. The van der Waals surface area contributed by atoms with E-state index in [1.807, 2.05) is 0 Å². The molecule has 0 amide bonds. The van der Waals surface area contributed by atoms with Crippen LogP contribution in [0, 0.1) is 0 Å². The van der Waals surface area contributed by atoms with E-state index < -0.39 is 10.1 Å². The van der Waals surface area contributed by atoms with Crippen LogP contribution < -0.4 is 29.6 Å². The second-order valence-electron chi connectivity index (χ2n) is 1.97. The molecule has 0 atom stereocenters. The topological polar surface area (TPSA) is 138 Å². The Balaban J connectivity index is -0.000000151. The van der Waals surface area contributed by atoms with E-state index in [0.29, 0.717) is 0 Å². The van der Waals surface area contributed by atoms with Gasteiger partial charge in [0.15, 0.2) is 0 Å². The summed E-state index contributed by atoms with van der Waals surface area (Å²) >= 11 is 0. The van der Waals surface area contributed by atoms with Crippen molar-refractivity contribution in [3.05, 3.63) is 24.3 Å². The first-order valence-electron chi connectivity index (χ1n) is 2.77. The van der Waals surface area contributed by atoms with Gasteiger partial charge in [-0.05, 0) is 24.3 Å². The maximum absolute atomic E-state index is 10.4. The average molecular weight is 234 g/mol. The fourth-order valence-electron chi connectivity index (χ4n) is 0.618. The van der Waals surface area contributed by atoms with Gasteiger partial charge in [-0.3, -0.25) is 4.55 Å². The summed E-state index contributed by atoms with van der Waals surface area (Å²) in [7, 11) is -4.13. The molecule has 6 N–H and O–H groups in total. The largest absolute Gasteiger partial charge is 1.00 e. The third-order valence-electron chi connectivity index (χ3n) is 1.13. The van der Waals surface area contributed by atoms with Crippen LogP contribution in [0.15, 0.2) is 29.2 Å². The zero-order valence-electron chi connectivity index (χ0n) is 8.43. The first-order valence-corrected chi connectivity index (χ1v) is 4.21. The molecule has 0 aliphatic heterocycles. The fraction of sp³-hybridized carbons (Fsp3) is 0. The molecule has 0 aliphatic rings. The molecule has 0 aromatic heterocycles. The van der Waals surface area contributed by atoms with Crippen LogP contribution >= 0.6 is 0 Å². The monoisotopic (exact) mass is 234 g/mol. The van der Waals surface area contributed by atoms with E-state index in [1.165, 1.54) is 12.1 Å². The zero-order valence-corrected chi connectivity index (χ0v) is 10.2. The van der Waals surface area contributed by atoms with Crippen LogP contribution in [-0.2, 0) is 10.1 Å². The standard InChI is InChI=1S/C6H6O4S.Na.2H2O.H/c7-5-1-3-6(4-2-5)11(8,9)10;;;;/h1-4,7H,(H,8,9,10);;2*1H2;/q;+1;;;-1. The second-order valence-corrected chi connectivity index (χ2v) is 3.39. The number of benzene rings is 1. The molecule has 14 heavy (non-hydrogen) atoms. The first kappa shape index (κ1) is 19.4. The van der Waals surface area contributed by atoms with E-state index >= 15 is 0 Å². The minimum atomic E-state index is -4.13. The van der Waals surface area contributed by atoms with Crippen LogP contribution in [0.25, 0.3) is 0 Å². The molecule has 0 saturated heterocycles. The molecule has 6 nitrogen and oxygen atoms in total. The molecule has 78 valence electrons. The van der Waals surface area contributed by atoms with E-state index in [0.717, 1.165) is 12.1 Å². The predicted octanol–water partition coefficient (Wildman–Crippen LogP) is -3.89. The molecule has 1 aromatic rings. The first-order chi connectivity index (χ1) is 5.00. The summed E-state index contributed by atoms with van der Waals surface area (Å²) in [5.74, 6) is -0.0441. The van der Waals surface area contributed by atoms with Crippen molar-refractivity contribution >= 4 is 10.1 Å². The molecule has 0 aliphatic carbocycles. The van der Waals surface area contributed by atoms with Crippen LogP contribution in [0.1, 0.15) is 1.43 Å². The normalized spacial score (nSPS) is 8.93. The van der Waals surface area contributed by atoms with Crippen molar-refractivity contribution in [3.8, 4) is 5.75 Å². The molecular formula is C6H11NaO6S. The van der Waals surface area contributed by atoms with E-state index in [1.54, 1.807) is 0 Å². The molecule has 1 rings (SSSR count). The molecule has 0 bridgehead atoms. The molecule has 0 radical (unpaired) electrons. The van der Waals surface area contributed by atoms with E-state index in [9.17, 15) is 8.42 Å². The van der Waals surface area contributed by atoms with Gasteiger partial charge in [-0.15, -0.1) is 0 Å². The van der Waals surface area contributed by atoms with Crippen molar-refractivity contribution in [1.29, 1.82) is 0 Å². The van der Waals surface area contributed by atoms with Crippen LogP contribution in [0.5, 0.6) is 5.75 Å². The van der Waals surface area contributed by atoms with E-state index in [4.69, 9.17) is 9.66 Å². The van der Waals surface area contributed by atoms with Gasteiger partial charge in [0, 0.05) is 0 Å². The zero-order chi connectivity index (χ0) is 8.48. The van der Waals surface area contributed by atoms with Gasteiger partial charge in [0.05, 0.1) is 4.90 Å². The number of phenolic OH excluding ortho intramolecular Hbond substituents is 1. The van der Waals surface area contributed by atoms with Crippen LogP contribution in [0.2, 0.25) is 0 Å². The Hall–Kier alpha value is -0.150. The predicted molar refractivity (Wildman–Crippen MR) is 46.3 cm³/mol. The molecule has 0 saturated carbocycles. The van der Waals surface area contributed by atoms with Gasteiger partial charge in [-0.25, -0.2) is 0 Å². The Morgan fingerprint density at radius 3 is 1.71 bits per heavy atom. The smallest absolute Gasteiger partial charge is 1.00 e. The summed E-state index contributed by atoms with van der Waals surface area (Å²) in [5.41, 5.74) is 0. The Morgan fingerprint density at radius 1 is 1.07 bits per heavy atom. The van der Waals surface area contributed by atoms with Crippen LogP contribution in [0.3, 0.4) is 0 Å². The van der Waals surface area contributed by atoms with Gasteiger partial charge in [-0.1, -0.05) is 0 Å². The number of phenols is 1. The van der Waals surface area contributed by atoms with Crippen molar-refractivity contribution in [2.45, 2.75) is 4.90 Å². The third kappa shape index (κ3) is 5.55. The fourth-order valence-corrected chi connectivity index (χ4v) is 1.10. The van der Waals surface area contributed by atoms with Gasteiger partial charge in [0.25, 0.3) is 10.1 Å². The number of hydrogen-bond acceptors (Lipinski definition) is 3. The van der Waals surface area contributed by atoms with Gasteiger partial charge >= 0.3 is 29.6 Å². The summed E-state index contributed by atoms with van der Waals surface area (Å²) in [5, 5.41) is 8.75. The molecular weight excluding hydrogens is 223 g/mol. The third-order valence-corrected chi connectivity index (χ3v) is 2.00. The number of rotatable bonds is 1. The van der Waals surface area contributed by atoms with Gasteiger partial charge in [0.2, 0.25) is 0 Å². The van der Waals surface area contributed by atoms with E-state index in [-0.39, 0.29) is 52.6 Å². The van der Waals surface area contributed by atoms with Gasteiger partial charge < -0.3 is 17.5 Å². The minimum Gasteiger partial charge on any atom is -1.00 e. The Labute approximate surface area is 105 Å². The Morgan fingerprint density at radius 2 is 1.43 bits per heavy atom.